The number of sulfonamides is 1. The van der Waals surface area contributed by atoms with E-state index in [-0.39, 0.29) is 45.5 Å². The van der Waals surface area contributed by atoms with Crippen LogP contribution in [0.25, 0.3) is 0 Å². The second kappa shape index (κ2) is 15.2. The first-order valence-corrected chi connectivity index (χ1v) is 17.5. The minimum Gasteiger partial charge on any atom is -0.352 e. The van der Waals surface area contributed by atoms with Crippen molar-refractivity contribution >= 4 is 50.7 Å². The Balaban J connectivity index is 1.58. The van der Waals surface area contributed by atoms with Gasteiger partial charge in [0.1, 0.15) is 12.6 Å². The number of aryl methyl sites for hydroxylation is 1. The summed E-state index contributed by atoms with van der Waals surface area (Å²) in [7, 11) is -4.28. The lowest BCUT2D eigenvalue weighted by Crippen LogP contribution is -2.54. The molecule has 0 heterocycles. The summed E-state index contributed by atoms with van der Waals surface area (Å²) in [5.74, 6) is -0.824. The topological polar surface area (TPSA) is 86.8 Å². The Kier molecular flexibility index (Phi) is 11.0. The monoisotopic (exact) mass is 677 g/mol. The van der Waals surface area contributed by atoms with E-state index in [2.05, 4.69) is 5.32 Å². The molecule has 7 nitrogen and oxygen atoms in total. The lowest BCUT2D eigenvalue weighted by molar-refractivity contribution is -0.140. The van der Waals surface area contributed by atoms with Crippen LogP contribution in [-0.2, 0) is 32.6 Å². The number of anilines is 1. The van der Waals surface area contributed by atoms with Crippen molar-refractivity contribution in [1.29, 1.82) is 0 Å². The lowest BCUT2D eigenvalue weighted by atomic mass is 10.0. The number of benzene rings is 4. The predicted octanol–water partition coefficient (Wildman–Crippen LogP) is 7.20. The average molecular weight is 679 g/mol. The highest BCUT2D eigenvalue weighted by molar-refractivity contribution is 7.92. The molecule has 1 N–H and O–H groups in total. The van der Waals surface area contributed by atoms with Crippen LogP contribution in [0.4, 0.5) is 5.69 Å². The highest BCUT2D eigenvalue weighted by atomic mass is 35.5. The first-order chi connectivity index (χ1) is 22.1. The fraction of sp³-hybridized carbons (Fsp3) is 0.278. The van der Waals surface area contributed by atoms with Crippen molar-refractivity contribution in [2.24, 2.45) is 0 Å². The Morgan fingerprint density at radius 3 is 2.17 bits per heavy atom. The molecule has 1 aliphatic rings. The number of carbonyl (C=O) groups excluding carboxylic acids is 2. The van der Waals surface area contributed by atoms with Gasteiger partial charge in [-0.25, -0.2) is 8.42 Å². The molecule has 1 atom stereocenters. The number of hydrogen-bond acceptors (Lipinski definition) is 4. The average Bonchev–Trinajstić information content (AvgIpc) is 3.56. The largest absolute Gasteiger partial charge is 0.352 e. The number of nitrogens with one attached hydrogen (secondary N) is 1. The predicted molar refractivity (Wildman–Crippen MR) is 183 cm³/mol. The molecule has 2 amide bonds. The van der Waals surface area contributed by atoms with Gasteiger partial charge in [-0.2, -0.15) is 0 Å². The van der Waals surface area contributed by atoms with E-state index >= 15 is 0 Å². The molecule has 1 aliphatic carbocycles. The van der Waals surface area contributed by atoms with Crippen molar-refractivity contribution in [1.82, 2.24) is 10.2 Å². The molecule has 1 fully saturated rings. The molecule has 0 aliphatic heterocycles. The third-order valence-corrected chi connectivity index (χ3v) is 10.5. The molecule has 240 valence electrons. The summed E-state index contributed by atoms with van der Waals surface area (Å²) in [4.78, 5) is 30.2. The summed E-state index contributed by atoms with van der Waals surface area (Å²) >= 11 is 12.9. The Labute approximate surface area is 281 Å². The third-order valence-electron chi connectivity index (χ3n) is 8.19. The van der Waals surface area contributed by atoms with E-state index in [1.54, 1.807) is 24.3 Å². The number of nitrogens with zero attached hydrogens (tertiary/aromatic N) is 2. The van der Waals surface area contributed by atoms with Crippen molar-refractivity contribution < 1.29 is 18.0 Å². The van der Waals surface area contributed by atoms with E-state index < -0.39 is 28.5 Å². The maximum atomic E-state index is 14.6. The van der Waals surface area contributed by atoms with Gasteiger partial charge in [0.25, 0.3) is 10.0 Å². The summed E-state index contributed by atoms with van der Waals surface area (Å²) in [6.45, 7) is 1.45. The highest BCUT2D eigenvalue weighted by Gasteiger charge is 2.36. The van der Waals surface area contributed by atoms with Gasteiger partial charge in [0.15, 0.2) is 0 Å². The maximum Gasteiger partial charge on any atom is 0.264 e. The van der Waals surface area contributed by atoms with E-state index in [1.807, 2.05) is 61.5 Å². The van der Waals surface area contributed by atoms with Crippen LogP contribution in [0.2, 0.25) is 10.0 Å². The second-order valence-corrected chi connectivity index (χ2v) is 14.3. The van der Waals surface area contributed by atoms with Crippen molar-refractivity contribution in [2.45, 2.75) is 62.6 Å². The minimum absolute atomic E-state index is 0.0103. The van der Waals surface area contributed by atoms with Crippen molar-refractivity contribution in [3.8, 4) is 0 Å². The standard InChI is InChI=1S/C36H37Cl2N3O4S/c1-26-11-10-14-28(21-26)24-40(34(22-27-12-4-2-5-13-27)36(43)39-30-15-8-9-16-30)35(42)25-41(33-23-29(37)19-20-32(33)38)46(44,45)31-17-6-3-7-18-31/h2-7,10-14,17-21,23,30,34H,8-9,15-16,22,24-25H2,1H3,(H,39,43)/t34-/m1/s1. The molecule has 5 rings (SSSR count). The molecular weight excluding hydrogens is 641 g/mol. The van der Waals surface area contributed by atoms with Crippen LogP contribution >= 0.6 is 23.2 Å². The van der Waals surface area contributed by atoms with Crippen LogP contribution in [0.3, 0.4) is 0 Å². The molecule has 4 aromatic rings. The molecule has 10 heteroatoms. The summed E-state index contributed by atoms with van der Waals surface area (Å²) in [6, 6.07) is 28.7. The first kappa shape index (κ1) is 33.5. The number of hydrogen-bond donors (Lipinski definition) is 1. The number of halogens is 2. The number of amides is 2. The van der Waals surface area contributed by atoms with E-state index in [0.29, 0.717) is 0 Å². The Hall–Kier alpha value is -3.85. The highest BCUT2D eigenvalue weighted by Crippen LogP contribution is 2.33. The first-order valence-electron chi connectivity index (χ1n) is 15.3. The Morgan fingerprint density at radius 2 is 1.50 bits per heavy atom. The molecular formula is C36H37Cl2N3O4S. The zero-order valence-corrected chi connectivity index (χ0v) is 27.9. The van der Waals surface area contributed by atoms with Crippen LogP contribution in [0.5, 0.6) is 0 Å². The van der Waals surface area contributed by atoms with Gasteiger partial charge in [-0.1, -0.05) is 114 Å². The van der Waals surface area contributed by atoms with Crippen molar-refractivity contribution in [2.75, 3.05) is 10.8 Å². The molecule has 4 aromatic carbocycles. The Bertz CT molecular complexity index is 1760. The van der Waals surface area contributed by atoms with Gasteiger partial charge in [-0.15, -0.1) is 0 Å². The number of rotatable bonds is 12. The van der Waals surface area contributed by atoms with Crippen molar-refractivity contribution in [3.63, 3.8) is 0 Å². The van der Waals surface area contributed by atoms with Gasteiger partial charge in [0, 0.05) is 24.0 Å². The SMILES string of the molecule is Cc1cccc(CN(C(=O)CN(c2cc(Cl)ccc2Cl)S(=O)(=O)c2ccccc2)[C@H](Cc2ccccc2)C(=O)NC2CCCC2)c1. The van der Waals surface area contributed by atoms with Gasteiger partial charge >= 0.3 is 0 Å². The van der Waals surface area contributed by atoms with E-state index in [9.17, 15) is 18.0 Å². The lowest BCUT2D eigenvalue weighted by Gasteiger charge is -2.34. The van der Waals surface area contributed by atoms with Gasteiger partial charge < -0.3 is 10.2 Å². The molecule has 0 radical (unpaired) electrons. The zero-order chi connectivity index (χ0) is 32.7. The van der Waals surface area contributed by atoms with Crippen LogP contribution in [0.1, 0.15) is 42.4 Å². The van der Waals surface area contributed by atoms with Crippen LogP contribution in [0.15, 0.2) is 108 Å². The second-order valence-electron chi connectivity index (χ2n) is 11.6. The van der Waals surface area contributed by atoms with Gasteiger partial charge in [0.2, 0.25) is 11.8 Å². The van der Waals surface area contributed by atoms with Crippen LogP contribution in [0, 0.1) is 6.92 Å². The minimum atomic E-state index is -4.28. The third kappa shape index (κ3) is 8.29. The van der Waals surface area contributed by atoms with Crippen LogP contribution < -0.4 is 9.62 Å². The molecule has 0 spiro atoms. The summed E-state index contributed by atoms with van der Waals surface area (Å²) in [6.07, 6.45) is 4.08. The fourth-order valence-electron chi connectivity index (χ4n) is 5.84. The number of carbonyl (C=O) groups is 2. The van der Waals surface area contributed by atoms with Gasteiger partial charge in [-0.05, 0) is 61.2 Å². The molecule has 46 heavy (non-hydrogen) atoms. The quantitative estimate of drug-likeness (QED) is 0.172. The van der Waals surface area contributed by atoms with E-state index in [0.717, 1.165) is 46.7 Å². The smallest absolute Gasteiger partial charge is 0.264 e. The molecule has 0 unspecified atom stereocenters. The van der Waals surface area contributed by atoms with E-state index in [1.165, 1.54) is 29.2 Å². The molecule has 0 saturated heterocycles. The fourth-order valence-corrected chi connectivity index (χ4v) is 7.72. The molecule has 0 bridgehead atoms. The molecule has 0 aromatic heterocycles. The van der Waals surface area contributed by atoms with Gasteiger partial charge in [-0.3, -0.25) is 13.9 Å². The summed E-state index contributed by atoms with van der Waals surface area (Å²) in [5.41, 5.74) is 2.76. The maximum absolute atomic E-state index is 14.6. The normalized spacial score (nSPS) is 14.1. The van der Waals surface area contributed by atoms with Crippen molar-refractivity contribution in [3.05, 3.63) is 130 Å². The Morgan fingerprint density at radius 1 is 0.848 bits per heavy atom. The van der Waals surface area contributed by atoms with Crippen LogP contribution in [-0.4, -0.2) is 43.8 Å². The van der Waals surface area contributed by atoms with Gasteiger partial charge in [0.05, 0.1) is 15.6 Å². The zero-order valence-electron chi connectivity index (χ0n) is 25.6. The summed E-state index contributed by atoms with van der Waals surface area (Å²) < 4.78 is 29.3. The van der Waals surface area contributed by atoms with E-state index in [4.69, 9.17) is 23.2 Å². The summed E-state index contributed by atoms with van der Waals surface area (Å²) in [5, 5.41) is 3.56. The molecule has 1 saturated carbocycles.